The van der Waals surface area contributed by atoms with Gasteiger partial charge in [0.15, 0.2) is 5.78 Å². The maximum Gasteiger partial charge on any atom is 0.185 e. The first-order valence-electron chi connectivity index (χ1n) is 6.09. The van der Waals surface area contributed by atoms with Crippen LogP contribution in [-0.2, 0) is 0 Å². The van der Waals surface area contributed by atoms with Crippen molar-refractivity contribution in [2.24, 2.45) is 0 Å². The van der Waals surface area contributed by atoms with Crippen molar-refractivity contribution in [3.05, 3.63) is 71.3 Å². The summed E-state index contributed by atoms with van der Waals surface area (Å²) in [6.07, 6.45) is 5.26. The van der Waals surface area contributed by atoms with E-state index in [-0.39, 0.29) is 5.78 Å². The normalized spacial score (nSPS) is 10.4. The van der Waals surface area contributed by atoms with Crippen molar-refractivity contribution in [1.82, 2.24) is 0 Å². The minimum absolute atomic E-state index is 0.0417. The Morgan fingerprint density at radius 3 is 2.60 bits per heavy atom. The molecule has 0 radical (unpaired) electrons. The van der Waals surface area contributed by atoms with Crippen molar-refractivity contribution in [2.75, 3.05) is 6.26 Å². The third kappa shape index (κ3) is 3.59. The van der Waals surface area contributed by atoms with Crippen molar-refractivity contribution < 1.29 is 4.79 Å². The van der Waals surface area contributed by atoms with Crippen LogP contribution in [0.15, 0.2) is 59.5 Å². The summed E-state index contributed by atoms with van der Waals surface area (Å²) in [6.45, 7) is 0. The Kier molecular flexibility index (Phi) is 4.75. The summed E-state index contributed by atoms with van der Waals surface area (Å²) < 4.78 is 0. The highest BCUT2D eigenvalue weighted by atomic mass is 32.2. The first-order chi connectivity index (χ1) is 9.72. The quantitative estimate of drug-likeness (QED) is 0.479. The SMILES string of the molecule is CSc1ccc(C(=O)C=Cc2cccc(C#N)c2)cc1. The van der Waals surface area contributed by atoms with E-state index in [9.17, 15) is 4.79 Å². The van der Waals surface area contributed by atoms with Crippen molar-refractivity contribution in [2.45, 2.75) is 4.90 Å². The molecule has 0 heterocycles. The topological polar surface area (TPSA) is 40.9 Å². The second kappa shape index (κ2) is 6.74. The molecule has 98 valence electrons. The van der Waals surface area contributed by atoms with Gasteiger partial charge in [-0.25, -0.2) is 0 Å². The van der Waals surface area contributed by atoms with Gasteiger partial charge in [0.1, 0.15) is 0 Å². The van der Waals surface area contributed by atoms with Gasteiger partial charge in [-0.2, -0.15) is 5.26 Å². The van der Waals surface area contributed by atoms with Crippen molar-refractivity contribution in [3.63, 3.8) is 0 Å². The molecule has 2 aromatic rings. The summed E-state index contributed by atoms with van der Waals surface area (Å²) in [6, 6.07) is 16.7. The lowest BCUT2D eigenvalue weighted by atomic mass is 10.1. The van der Waals surface area contributed by atoms with Crippen molar-refractivity contribution in [1.29, 1.82) is 5.26 Å². The highest BCUT2D eigenvalue weighted by Gasteiger charge is 2.01. The number of hydrogen-bond acceptors (Lipinski definition) is 3. The summed E-state index contributed by atoms with van der Waals surface area (Å²) in [5, 5.41) is 8.82. The predicted molar refractivity (Wildman–Crippen MR) is 82.7 cm³/mol. The van der Waals surface area contributed by atoms with Gasteiger partial charge in [-0.1, -0.05) is 18.2 Å². The van der Waals surface area contributed by atoms with E-state index in [1.165, 1.54) is 6.08 Å². The van der Waals surface area contributed by atoms with Crippen LogP contribution >= 0.6 is 11.8 Å². The number of allylic oxidation sites excluding steroid dienone is 1. The van der Waals surface area contributed by atoms with Crippen molar-refractivity contribution in [3.8, 4) is 6.07 Å². The van der Waals surface area contributed by atoms with E-state index in [0.29, 0.717) is 11.1 Å². The highest BCUT2D eigenvalue weighted by molar-refractivity contribution is 7.98. The van der Waals surface area contributed by atoms with Crippen molar-refractivity contribution >= 4 is 23.6 Å². The molecule has 20 heavy (non-hydrogen) atoms. The van der Waals surface area contributed by atoms with E-state index in [4.69, 9.17) is 5.26 Å². The number of nitrogens with zero attached hydrogens (tertiary/aromatic N) is 1. The van der Waals surface area contributed by atoms with Gasteiger partial charge in [-0.05, 0) is 54.3 Å². The second-order valence-electron chi connectivity index (χ2n) is 4.16. The Labute approximate surface area is 122 Å². The second-order valence-corrected chi connectivity index (χ2v) is 5.04. The fourth-order valence-corrected chi connectivity index (χ4v) is 2.14. The first-order valence-corrected chi connectivity index (χ1v) is 7.32. The highest BCUT2D eigenvalue weighted by Crippen LogP contribution is 2.15. The van der Waals surface area contributed by atoms with Crippen LogP contribution in [0.25, 0.3) is 6.08 Å². The Hall–Kier alpha value is -2.31. The number of thioether (sulfide) groups is 1. The van der Waals surface area contributed by atoms with E-state index >= 15 is 0 Å². The number of carbonyl (C=O) groups excluding carboxylic acids is 1. The van der Waals surface area contributed by atoms with Crippen LogP contribution in [0.4, 0.5) is 0 Å². The lowest BCUT2D eigenvalue weighted by Gasteiger charge is -1.98. The van der Waals surface area contributed by atoms with E-state index in [2.05, 4.69) is 6.07 Å². The molecule has 3 heteroatoms. The molecule has 0 amide bonds. The molecule has 0 spiro atoms. The summed E-state index contributed by atoms with van der Waals surface area (Å²) in [5.41, 5.74) is 2.09. The molecule has 0 atom stereocenters. The lowest BCUT2D eigenvalue weighted by molar-refractivity contribution is 0.104. The Morgan fingerprint density at radius 2 is 1.95 bits per heavy atom. The zero-order valence-corrected chi connectivity index (χ0v) is 11.9. The molecule has 0 N–H and O–H groups in total. The molecular weight excluding hydrogens is 266 g/mol. The fourth-order valence-electron chi connectivity index (χ4n) is 1.74. The maximum absolute atomic E-state index is 12.0. The summed E-state index contributed by atoms with van der Waals surface area (Å²) in [5.74, 6) is -0.0417. The minimum Gasteiger partial charge on any atom is -0.289 e. The van der Waals surface area contributed by atoms with Crippen LogP contribution in [0.1, 0.15) is 21.5 Å². The van der Waals surface area contributed by atoms with Gasteiger partial charge in [0, 0.05) is 10.5 Å². The molecule has 0 aliphatic rings. The van der Waals surface area contributed by atoms with E-state index in [1.54, 1.807) is 36.0 Å². The fraction of sp³-hybridized carbons (Fsp3) is 0.0588. The molecular formula is C17H13NOS. The van der Waals surface area contributed by atoms with E-state index in [1.807, 2.05) is 36.6 Å². The van der Waals surface area contributed by atoms with Gasteiger partial charge < -0.3 is 0 Å². The first kappa shape index (κ1) is 14.1. The lowest BCUT2D eigenvalue weighted by Crippen LogP contribution is -1.93. The molecule has 0 fully saturated rings. The summed E-state index contributed by atoms with van der Waals surface area (Å²) in [7, 11) is 0. The summed E-state index contributed by atoms with van der Waals surface area (Å²) >= 11 is 1.64. The zero-order chi connectivity index (χ0) is 14.4. The molecule has 2 aromatic carbocycles. The molecule has 2 nitrogen and oxygen atoms in total. The average molecular weight is 279 g/mol. The van der Waals surface area contributed by atoms with E-state index < -0.39 is 0 Å². The number of rotatable bonds is 4. The molecule has 0 aromatic heterocycles. The Balaban J connectivity index is 2.13. The van der Waals surface area contributed by atoms with E-state index in [0.717, 1.165) is 10.5 Å². The average Bonchev–Trinajstić information content (AvgIpc) is 2.53. The van der Waals surface area contributed by atoms with Gasteiger partial charge in [0.2, 0.25) is 0 Å². The number of benzene rings is 2. The molecule has 0 aliphatic heterocycles. The van der Waals surface area contributed by atoms with Crippen LogP contribution in [0, 0.1) is 11.3 Å². The molecule has 0 saturated heterocycles. The van der Waals surface area contributed by atoms with Gasteiger partial charge >= 0.3 is 0 Å². The van der Waals surface area contributed by atoms with Gasteiger partial charge in [0.05, 0.1) is 11.6 Å². The van der Waals surface area contributed by atoms with Gasteiger partial charge in [0.25, 0.3) is 0 Å². The third-order valence-electron chi connectivity index (χ3n) is 2.82. The number of nitriles is 1. The molecule has 2 rings (SSSR count). The molecule has 0 bridgehead atoms. The smallest absolute Gasteiger partial charge is 0.185 e. The molecule has 0 saturated carbocycles. The largest absolute Gasteiger partial charge is 0.289 e. The predicted octanol–water partition coefficient (Wildman–Crippen LogP) is 4.18. The number of ketones is 1. The Morgan fingerprint density at radius 1 is 1.20 bits per heavy atom. The third-order valence-corrected chi connectivity index (χ3v) is 3.56. The van der Waals surface area contributed by atoms with Gasteiger partial charge in [-0.3, -0.25) is 4.79 Å². The standard InChI is InChI=1S/C17H13NOS/c1-20-16-8-6-15(7-9-16)17(19)10-5-13-3-2-4-14(11-13)12-18/h2-11H,1H3. The maximum atomic E-state index is 12.0. The van der Waals surface area contributed by atoms with Crippen LogP contribution < -0.4 is 0 Å². The van der Waals surface area contributed by atoms with Crippen LogP contribution in [0.5, 0.6) is 0 Å². The minimum atomic E-state index is -0.0417. The number of hydrogen-bond donors (Lipinski definition) is 0. The van der Waals surface area contributed by atoms with Crippen LogP contribution in [0.3, 0.4) is 0 Å². The summed E-state index contributed by atoms with van der Waals surface area (Å²) in [4.78, 5) is 13.1. The zero-order valence-electron chi connectivity index (χ0n) is 11.0. The number of carbonyl (C=O) groups is 1. The Bertz CT molecular complexity index is 681. The molecule has 0 unspecified atom stereocenters. The van der Waals surface area contributed by atoms with Gasteiger partial charge in [-0.15, -0.1) is 11.8 Å². The monoisotopic (exact) mass is 279 g/mol. The van der Waals surface area contributed by atoms with Crippen LogP contribution in [0.2, 0.25) is 0 Å². The molecule has 0 aliphatic carbocycles. The van der Waals surface area contributed by atoms with Crippen LogP contribution in [-0.4, -0.2) is 12.0 Å².